The Morgan fingerprint density at radius 1 is 0.596 bits per heavy atom. The zero-order chi connectivity index (χ0) is 38.0. The molecule has 0 aromatic heterocycles. The highest BCUT2D eigenvalue weighted by atomic mass is 16.5. The predicted molar refractivity (Wildman–Crippen MR) is 207 cm³/mol. The van der Waals surface area contributed by atoms with Gasteiger partial charge in [-0.05, 0) is 165 Å². The average Bonchev–Trinajstić information content (AvgIpc) is 3.13. The molecule has 7 nitrogen and oxygen atoms in total. The summed E-state index contributed by atoms with van der Waals surface area (Å²) >= 11 is 0. The van der Waals surface area contributed by atoms with Gasteiger partial charge in [-0.15, -0.1) is 0 Å². The summed E-state index contributed by atoms with van der Waals surface area (Å²) in [5.74, 6) is 1.91. The van der Waals surface area contributed by atoms with Crippen molar-refractivity contribution >= 4 is 11.9 Å². The Bertz CT molecular complexity index is 1490. The van der Waals surface area contributed by atoms with Crippen molar-refractivity contribution in [2.24, 2.45) is 10.8 Å². The highest BCUT2D eigenvalue weighted by Gasteiger charge is 2.33. The Balaban J connectivity index is 0.000000338. The number of hydrogen-bond donors (Lipinski definition) is 1. The molecule has 0 bridgehead atoms. The molecule has 1 N–H and O–H groups in total. The molecular formula is C45H62O7. The monoisotopic (exact) mass is 714 g/mol. The SMILES string of the molecule is CCC(C)(C)C(=O)OC(c1ccc(OC2(C)CCCCC2)cc1)c1ccc(OC2(C)CCCCC2)cc1.CCC(C)(C)C(=O)Oc1ccc(O)cc1. The molecule has 7 heteroatoms. The van der Waals surface area contributed by atoms with E-state index in [-0.39, 0.29) is 28.9 Å². The molecule has 0 amide bonds. The summed E-state index contributed by atoms with van der Waals surface area (Å²) in [5, 5.41) is 9.06. The van der Waals surface area contributed by atoms with E-state index < -0.39 is 16.9 Å². The first-order valence-electron chi connectivity index (χ1n) is 19.4. The van der Waals surface area contributed by atoms with Crippen LogP contribution in [-0.4, -0.2) is 28.2 Å². The summed E-state index contributed by atoms with van der Waals surface area (Å²) in [4.78, 5) is 24.8. The quantitative estimate of drug-likeness (QED) is 0.147. The number of phenols is 1. The number of aromatic hydroxyl groups is 1. The van der Waals surface area contributed by atoms with Crippen molar-refractivity contribution in [2.45, 2.75) is 150 Å². The third-order valence-corrected chi connectivity index (χ3v) is 11.1. The Morgan fingerprint density at radius 3 is 1.35 bits per heavy atom. The number of ether oxygens (including phenoxy) is 4. The van der Waals surface area contributed by atoms with Gasteiger partial charge in [0.05, 0.1) is 10.8 Å². The second kappa shape index (κ2) is 17.7. The summed E-state index contributed by atoms with van der Waals surface area (Å²) in [6.45, 7) is 16.0. The fourth-order valence-electron chi connectivity index (χ4n) is 6.44. The van der Waals surface area contributed by atoms with Crippen LogP contribution in [0, 0.1) is 10.8 Å². The first kappa shape index (κ1) is 40.8. The average molecular weight is 715 g/mol. The van der Waals surface area contributed by atoms with Crippen molar-refractivity contribution in [3.8, 4) is 23.0 Å². The predicted octanol–water partition coefficient (Wildman–Crippen LogP) is 11.7. The van der Waals surface area contributed by atoms with Gasteiger partial charge in [-0.25, -0.2) is 0 Å². The molecule has 0 spiro atoms. The van der Waals surface area contributed by atoms with Gasteiger partial charge in [0.25, 0.3) is 0 Å². The first-order valence-corrected chi connectivity index (χ1v) is 19.4. The van der Waals surface area contributed by atoms with Gasteiger partial charge in [0.15, 0.2) is 6.10 Å². The van der Waals surface area contributed by atoms with E-state index in [1.165, 1.54) is 50.7 Å². The van der Waals surface area contributed by atoms with Crippen molar-refractivity contribution in [2.75, 3.05) is 0 Å². The zero-order valence-corrected chi connectivity index (χ0v) is 32.9. The summed E-state index contributed by atoms with van der Waals surface area (Å²) in [6.07, 6.45) is 12.8. The molecule has 2 aliphatic rings. The maximum atomic E-state index is 13.1. The van der Waals surface area contributed by atoms with Crippen LogP contribution in [0.15, 0.2) is 72.8 Å². The van der Waals surface area contributed by atoms with E-state index in [0.717, 1.165) is 61.2 Å². The lowest BCUT2D eigenvalue weighted by Crippen LogP contribution is -2.34. The van der Waals surface area contributed by atoms with Crippen LogP contribution in [0.2, 0.25) is 0 Å². The molecule has 52 heavy (non-hydrogen) atoms. The maximum absolute atomic E-state index is 13.1. The molecule has 5 rings (SSSR count). The van der Waals surface area contributed by atoms with E-state index in [1.807, 2.05) is 90.1 Å². The van der Waals surface area contributed by atoms with Crippen LogP contribution >= 0.6 is 0 Å². The lowest BCUT2D eigenvalue weighted by molar-refractivity contribution is -0.158. The minimum atomic E-state index is -0.546. The van der Waals surface area contributed by atoms with Crippen LogP contribution in [0.1, 0.15) is 150 Å². The fourth-order valence-corrected chi connectivity index (χ4v) is 6.44. The van der Waals surface area contributed by atoms with Crippen LogP contribution in [0.4, 0.5) is 0 Å². The number of hydrogen-bond acceptors (Lipinski definition) is 7. The standard InChI is InChI=1S/C33H46O4.C12H16O3/c1-6-31(2,3)30(34)35-29(25-13-17-27(18-14-25)36-32(4)21-9-7-10-22-32)26-15-19-28(20-16-26)37-33(5)23-11-8-12-24-33;1-4-12(2,3)11(14)15-10-7-5-9(13)6-8-10/h13-20,29H,6-12,21-24H2,1-5H3;5-8,13H,4H2,1-3H3. The first-order chi connectivity index (χ1) is 24.6. The topological polar surface area (TPSA) is 91.3 Å². The van der Waals surface area contributed by atoms with E-state index in [2.05, 4.69) is 13.8 Å². The van der Waals surface area contributed by atoms with Crippen molar-refractivity contribution in [3.63, 3.8) is 0 Å². The van der Waals surface area contributed by atoms with E-state index in [4.69, 9.17) is 24.1 Å². The fraction of sp³-hybridized carbons (Fsp3) is 0.556. The molecule has 2 saturated carbocycles. The highest BCUT2D eigenvalue weighted by Crippen LogP contribution is 2.37. The molecule has 0 atom stereocenters. The smallest absolute Gasteiger partial charge is 0.316 e. The summed E-state index contributed by atoms with van der Waals surface area (Å²) in [5.41, 5.74) is 0.667. The summed E-state index contributed by atoms with van der Waals surface area (Å²) in [6, 6.07) is 22.3. The van der Waals surface area contributed by atoms with Gasteiger partial charge in [-0.2, -0.15) is 0 Å². The maximum Gasteiger partial charge on any atom is 0.316 e. The van der Waals surface area contributed by atoms with E-state index >= 15 is 0 Å². The molecule has 0 unspecified atom stereocenters. The molecule has 0 saturated heterocycles. The molecular weight excluding hydrogens is 652 g/mol. The molecule has 0 radical (unpaired) electrons. The molecule has 0 aliphatic heterocycles. The Hall–Kier alpha value is -4.00. The van der Waals surface area contributed by atoms with Gasteiger partial charge >= 0.3 is 11.9 Å². The van der Waals surface area contributed by atoms with Crippen molar-refractivity contribution in [1.29, 1.82) is 0 Å². The van der Waals surface area contributed by atoms with E-state index in [1.54, 1.807) is 12.1 Å². The summed E-state index contributed by atoms with van der Waals surface area (Å²) in [7, 11) is 0. The lowest BCUT2D eigenvalue weighted by atomic mass is 9.86. The molecule has 3 aromatic rings. The van der Waals surface area contributed by atoms with Crippen LogP contribution in [0.5, 0.6) is 23.0 Å². The van der Waals surface area contributed by atoms with Crippen molar-refractivity contribution in [1.82, 2.24) is 0 Å². The largest absolute Gasteiger partial charge is 0.508 e. The summed E-state index contributed by atoms with van der Waals surface area (Å²) < 4.78 is 24.2. The number of carbonyl (C=O) groups is 2. The van der Waals surface area contributed by atoms with Crippen LogP contribution in [0.25, 0.3) is 0 Å². The van der Waals surface area contributed by atoms with Crippen LogP contribution in [0.3, 0.4) is 0 Å². The van der Waals surface area contributed by atoms with Crippen molar-refractivity contribution < 1.29 is 33.6 Å². The molecule has 2 aliphatic carbocycles. The number of esters is 2. The number of phenolic OH excluding ortho intramolecular Hbond substituents is 1. The van der Waals surface area contributed by atoms with Gasteiger partial charge in [0, 0.05) is 0 Å². The van der Waals surface area contributed by atoms with Gasteiger partial charge in [0.1, 0.15) is 34.2 Å². The van der Waals surface area contributed by atoms with Gasteiger partial charge in [0.2, 0.25) is 0 Å². The van der Waals surface area contributed by atoms with Gasteiger partial charge in [-0.1, -0.05) is 51.0 Å². The number of benzene rings is 3. The van der Waals surface area contributed by atoms with Crippen LogP contribution < -0.4 is 14.2 Å². The second-order valence-corrected chi connectivity index (χ2v) is 16.5. The minimum Gasteiger partial charge on any atom is -0.508 e. The van der Waals surface area contributed by atoms with Crippen molar-refractivity contribution in [3.05, 3.63) is 83.9 Å². The Kier molecular flexibility index (Phi) is 13.9. The normalized spacial score (nSPS) is 16.9. The molecule has 0 heterocycles. The molecule has 3 aromatic carbocycles. The second-order valence-electron chi connectivity index (χ2n) is 16.5. The highest BCUT2D eigenvalue weighted by molar-refractivity contribution is 5.78. The van der Waals surface area contributed by atoms with E-state index in [0.29, 0.717) is 5.75 Å². The van der Waals surface area contributed by atoms with Gasteiger partial charge in [-0.3, -0.25) is 9.59 Å². The molecule has 2 fully saturated rings. The third kappa shape index (κ3) is 11.5. The lowest BCUT2D eigenvalue weighted by Gasteiger charge is -2.34. The minimum absolute atomic E-state index is 0.0956. The zero-order valence-electron chi connectivity index (χ0n) is 32.9. The number of rotatable bonds is 12. The van der Waals surface area contributed by atoms with Crippen LogP contribution in [-0.2, 0) is 14.3 Å². The number of carbonyl (C=O) groups excluding carboxylic acids is 2. The Morgan fingerprint density at radius 2 is 0.962 bits per heavy atom. The Labute approximate surface area is 312 Å². The van der Waals surface area contributed by atoms with E-state index in [9.17, 15) is 9.59 Å². The third-order valence-electron chi connectivity index (χ3n) is 11.1. The molecule has 284 valence electrons. The van der Waals surface area contributed by atoms with Gasteiger partial charge < -0.3 is 24.1 Å².